The number of benzene rings is 1. The van der Waals surface area contributed by atoms with Gasteiger partial charge in [-0.25, -0.2) is 0 Å². The maximum atomic E-state index is 5.60. The molecule has 0 bridgehead atoms. The molecule has 0 saturated heterocycles. The minimum atomic E-state index is 0.708. The second kappa shape index (κ2) is 5.35. The molecule has 1 aromatic carbocycles. The summed E-state index contributed by atoms with van der Waals surface area (Å²) in [7, 11) is 0. The van der Waals surface area contributed by atoms with Gasteiger partial charge in [-0.15, -0.1) is 0 Å². The molecule has 1 aromatic rings. The molecule has 0 unspecified atom stereocenters. The Morgan fingerprint density at radius 2 is 2.25 bits per heavy atom. The summed E-state index contributed by atoms with van der Waals surface area (Å²) in [6.45, 7) is 10.1. The molecule has 0 N–H and O–H groups in total. The molecular formula is C14H20NO. The molecule has 0 saturated carbocycles. The Kier molecular flexibility index (Phi) is 3.83. The van der Waals surface area contributed by atoms with Gasteiger partial charge in [0.2, 0.25) is 0 Å². The molecule has 87 valence electrons. The third-order valence-electron chi connectivity index (χ3n) is 3.13. The Labute approximate surface area is 98.2 Å². The average Bonchev–Trinajstić information content (AvgIpc) is 2.35. The van der Waals surface area contributed by atoms with Crippen LogP contribution in [0.4, 0.5) is 0 Å². The predicted octanol–water partition coefficient (Wildman–Crippen LogP) is 2.67. The molecule has 0 amide bonds. The van der Waals surface area contributed by atoms with E-state index in [1.807, 2.05) is 0 Å². The summed E-state index contributed by atoms with van der Waals surface area (Å²) in [5, 5.41) is 0. The van der Waals surface area contributed by atoms with E-state index in [1.54, 1.807) is 0 Å². The molecule has 0 spiro atoms. The van der Waals surface area contributed by atoms with E-state index in [4.69, 9.17) is 4.74 Å². The second-order valence-electron chi connectivity index (χ2n) is 4.25. The van der Waals surface area contributed by atoms with Crippen LogP contribution in [-0.2, 0) is 13.0 Å². The van der Waals surface area contributed by atoms with E-state index in [0.29, 0.717) is 6.61 Å². The van der Waals surface area contributed by atoms with E-state index >= 15 is 0 Å². The Morgan fingerprint density at radius 3 is 3.00 bits per heavy atom. The summed E-state index contributed by atoms with van der Waals surface area (Å²) in [4.78, 5) is 2.47. The van der Waals surface area contributed by atoms with Crippen molar-refractivity contribution in [2.24, 2.45) is 0 Å². The van der Waals surface area contributed by atoms with E-state index < -0.39 is 0 Å². The number of hydrogen-bond donors (Lipinski definition) is 0. The van der Waals surface area contributed by atoms with Gasteiger partial charge in [0.05, 0.1) is 6.61 Å². The Bertz CT molecular complexity index is 349. The average molecular weight is 218 g/mol. The van der Waals surface area contributed by atoms with Crippen molar-refractivity contribution in [1.29, 1.82) is 0 Å². The SMILES string of the molecule is [CH2]CCOc1ccc2c(c1)CCN(CC)C2. The van der Waals surface area contributed by atoms with Crippen LogP contribution < -0.4 is 4.74 Å². The van der Waals surface area contributed by atoms with Gasteiger partial charge in [-0.3, -0.25) is 4.90 Å². The van der Waals surface area contributed by atoms with Gasteiger partial charge >= 0.3 is 0 Å². The van der Waals surface area contributed by atoms with Crippen LogP contribution in [-0.4, -0.2) is 24.6 Å². The molecule has 2 heteroatoms. The third kappa shape index (κ3) is 2.56. The lowest BCUT2D eigenvalue weighted by Crippen LogP contribution is -2.30. The predicted molar refractivity (Wildman–Crippen MR) is 66.6 cm³/mol. The van der Waals surface area contributed by atoms with Crippen LogP contribution in [0, 0.1) is 6.92 Å². The van der Waals surface area contributed by atoms with E-state index in [9.17, 15) is 0 Å². The molecule has 0 atom stereocenters. The van der Waals surface area contributed by atoms with Gasteiger partial charge in [-0.1, -0.05) is 13.0 Å². The van der Waals surface area contributed by atoms with Crippen molar-refractivity contribution in [3.05, 3.63) is 36.2 Å². The fourth-order valence-corrected chi connectivity index (χ4v) is 2.14. The minimum absolute atomic E-state index is 0.708. The summed E-state index contributed by atoms with van der Waals surface area (Å²) in [6.07, 6.45) is 1.96. The quantitative estimate of drug-likeness (QED) is 0.770. The first kappa shape index (κ1) is 11.5. The van der Waals surface area contributed by atoms with Crippen molar-refractivity contribution in [2.45, 2.75) is 26.3 Å². The van der Waals surface area contributed by atoms with Gasteiger partial charge < -0.3 is 4.74 Å². The first-order valence-corrected chi connectivity index (χ1v) is 6.09. The highest BCUT2D eigenvalue weighted by atomic mass is 16.5. The molecule has 0 aromatic heterocycles. The smallest absolute Gasteiger partial charge is 0.119 e. The monoisotopic (exact) mass is 218 g/mol. The molecular weight excluding hydrogens is 198 g/mol. The second-order valence-corrected chi connectivity index (χ2v) is 4.25. The van der Waals surface area contributed by atoms with Crippen molar-refractivity contribution in [3.63, 3.8) is 0 Å². The molecule has 1 aliphatic heterocycles. The van der Waals surface area contributed by atoms with E-state index in [1.165, 1.54) is 17.7 Å². The van der Waals surface area contributed by atoms with Crippen molar-refractivity contribution < 1.29 is 4.74 Å². The number of nitrogens with zero attached hydrogens (tertiary/aromatic N) is 1. The molecule has 2 rings (SSSR count). The Hall–Kier alpha value is -1.02. The highest BCUT2D eigenvalue weighted by molar-refractivity contribution is 5.37. The van der Waals surface area contributed by atoms with Gasteiger partial charge in [-0.05, 0) is 49.6 Å². The van der Waals surface area contributed by atoms with Gasteiger partial charge in [0.15, 0.2) is 0 Å². The lowest BCUT2D eigenvalue weighted by molar-refractivity contribution is 0.267. The summed E-state index contributed by atoms with van der Waals surface area (Å²) < 4.78 is 5.60. The number of fused-ring (bicyclic) bond motifs is 1. The lowest BCUT2D eigenvalue weighted by atomic mass is 9.99. The number of hydrogen-bond acceptors (Lipinski definition) is 2. The lowest BCUT2D eigenvalue weighted by Gasteiger charge is -2.27. The highest BCUT2D eigenvalue weighted by Crippen LogP contribution is 2.23. The minimum Gasteiger partial charge on any atom is -0.494 e. The van der Waals surface area contributed by atoms with Crippen molar-refractivity contribution in [1.82, 2.24) is 4.90 Å². The molecule has 0 fully saturated rings. The Balaban J connectivity index is 2.08. The fraction of sp³-hybridized carbons (Fsp3) is 0.500. The summed E-state index contributed by atoms with van der Waals surface area (Å²) in [5.41, 5.74) is 2.90. The van der Waals surface area contributed by atoms with Crippen molar-refractivity contribution >= 4 is 0 Å². The van der Waals surface area contributed by atoms with Crippen LogP contribution in [0.25, 0.3) is 0 Å². The van der Waals surface area contributed by atoms with Crippen LogP contribution in [0.15, 0.2) is 18.2 Å². The van der Waals surface area contributed by atoms with E-state index in [2.05, 4.69) is 36.9 Å². The zero-order valence-corrected chi connectivity index (χ0v) is 10.0. The fourth-order valence-electron chi connectivity index (χ4n) is 2.14. The number of likely N-dealkylation sites (N-methyl/N-ethyl adjacent to an activating group) is 1. The standard InChI is InChI=1S/C14H20NO/c1-3-9-16-14-6-5-13-11-15(4-2)8-7-12(13)10-14/h5-6,10H,1,3-4,7-9,11H2,2H3. The molecule has 16 heavy (non-hydrogen) atoms. The van der Waals surface area contributed by atoms with Gasteiger partial charge in [0.1, 0.15) is 5.75 Å². The molecule has 0 aliphatic carbocycles. The molecule has 1 radical (unpaired) electrons. The van der Waals surface area contributed by atoms with E-state index in [0.717, 1.165) is 31.7 Å². The van der Waals surface area contributed by atoms with Gasteiger partial charge in [0, 0.05) is 13.1 Å². The van der Waals surface area contributed by atoms with Crippen LogP contribution in [0.3, 0.4) is 0 Å². The molecule has 1 aliphatic rings. The molecule has 2 nitrogen and oxygen atoms in total. The van der Waals surface area contributed by atoms with E-state index in [-0.39, 0.29) is 0 Å². The largest absolute Gasteiger partial charge is 0.494 e. The highest BCUT2D eigenvalue weighted by Gasteiger charge is 2.14. The number of ether oxygens (including phenoxy) is 1. The summed E-state index contributed by atoms with van der Waals surface area (Å²) >= 11 is 0. The van der Waals surface area contributed by atoms with Crippen LogP contribution in [0.1, 0.15) is 24.5 Å². The summed E-state index contributed by atoms with van der Waals surface area (Å²) in [6, 6.07) is 6.47. The molecule has 1 heterocycles. The van der Waals surface area contributed by atoms with Crippen LogP contribution in [0.2, 0.25) is 0 Å². The van der Waals surface area contributed by atoms with Crippen molar-refractivity contribution in [2.75, 3.05) is 19.7 Å². The van der Waals surface area contributed by atoms with Gasteiger partial charge in [-0.2, -0.15) is 0 Å². The first-order valence-electron chi connectivity index (χ1n) is 6.09. The van der Waals surface area contributed by atoms with Crippen LogP contribution >= 0.6 is 0 Å². The Morgan fingerprint density at radius 1 is 1.38 bits per heavy atom. The van der Waals surface area contributed by atoms with Crippen LogP contribution in [0.5, 0.6) is 5.75 Å². The van der Waals surface area contributed by atoms with Gasteiger partial charge in [0.25, 0.3) is 0 Å². The first-order chi connectivity index (χ1) is 7.83. The normalized spacial score (nSPS) is 15.9. The maximum Gasteiger partial charge on any atom is 0.119 e. The third-order valence-corrected chi connectivity index (χ3v) is 3.13. The zero-order chi connectivity index (χ0) is 11.4. The zero-order valence-electron chi connectivity index (χ0n) is 10.0. The maximum absolute atomic E-state index is 5.60. The topological polar surface area (TPSA) is 12.5 Å². The number of rotatable bonds is 4. The summed E-state index contributed by atoms with van der Waals surface area (Å²) in [5.74, 6) is 0.993. The van der Waals surface area contributed by atoms with Crippen molar-refractivity contribution in [3.8, 4) is 5.75 Å².